The predicted octanol–water partition coefficient (Wildman–Crippen LogP) is 0.603. The van der Waals surface area contributed by atoms with Gasteiger partial charge in [0, 0.05) is 24.0 Å². The molecule has 0 aromatic heterocycles. The van der Waals surface area contributed by atoms with Crippen molar-refractivity contribution in [2.24, 2.45) is 11.3 Å². The first-order chi connectivity index (χ1) is 11.3. The van der Waals surface area contributed by atoms with Crippen molar-refractivity contribution >= 4 is 31.2 Å². The molecule has 0 N–H and O–H groups in total. The number of ether oxygens (including phenoxy) is 1. The van der Waals surface area contributed by atoms with Gasteiger partial charge in [-0.05, 0) is 5.92 Å². The molecule has 0 saturated carbocycles. The minimum Gasteiger partial charge on any atom is -0.504 e. The number of Topliss-reactive ketones (excluding diaryl/α,β-unsaturated/α-hetero) is 1. The van der Waals surface area contributed by atoms with Gasteiger partial charge in [0.25, 0.3) is 0 Å². The van der Waals surface area contributed by atoms with Crippen LogP contribution in [0.3, 0.4) is 0 Å². The molecule has 6 nitrogen and oxygen atoms in total. The van der Waals surface area contributed by atoms with Crippen molar-refractivity contribution in [1.82, 2.24) is 4.90 Å². The number of β-lactam (4-membered cyclic amide) rings is 1. The fourth-order valence-electron chi connectivity index (χ4n) is 2.71. The zero-order chi connectivity index (χ0) is 18.3. The molecule has 0 bridgehead atoms. The van der Waals surface area contributed by atoms with Crippen LogP contribution in [0, 0.1) is 11.3 Å². The summed E-state index contributed by atoms with van der Waals surface area (Å²) in [6, 6.07) is 0. The van der Waals surface area contributed by atoms with E-state index >= 15 is 0 Å². The number of amides is 1. The van der Waals surface area contributed by atoms with Crippen LogP contribution in [-0.2, 0) is 23.2 Å². The summed E-state index contributed by atoms with van der Waals surface area (Å²) in [4.78, 5) is 25.8. The largest absolute Gasteiger partial charge is 0.504 e. The van der Waals surface area contributed by atoms with Crippen LogP contribution < -0.4 is 0 Å². The molecule has 1 heterocycles. The van der Waals surface area contributed by atoms with Gasteiger partial charge in [0.1, 0.15) is 6.29 Å². The average molecular weight is 374 g/mol. The van der Waals surface area contributed by atoms with Gasteiger partial charge >= 0.3 is 0 Å². The molecule has 0 aromatic carbocycles. The van der Waals surface area contributed by atoms with E-state index in [9.17, 15) is 9.59 Å². The number of rotatable bonds is 11. The molecule has 1 amide bonds. The summed E-state index contributed by atoms with van der Waals surface area (Å²) in [7, 11) is 0.268. The summed E-state index contributed by atoms with van der Waals surface area (Å²) in [6.07, 6.45) is 1.73. The molecular formula is C16H31NO5Si2. The van der Waals surface area contributed by atoms with Gasteiger partial charge in [0.05, 0.1) is 19.9 Å². The monoisotopic (exact) mass is 373 g/mol. The Balaban J connectivity index is 2.93. The molecule has 24 heavy (non-hydrogen) atoms. The molecule has 0 aromatic rings. The molecule has 1 saturated heterocycles. The molecule has 1 rings (SSSR count). The molecule has 0 radical (unpaired) electrons. The van der Waals surface area contributed by atoms with Crippen molar-refractivity contribution in [3.05, 3.63) is 11.8 Å². The number of nitrogens with zero attached hydrogens (tertiary/aromatic N) is 1. The zero-order valence-electron chi connectivity index (χ0n) is 15.8. The Labute approximate surface area is 149 Å². The van der Waals surface area contributed by atoms with Crippen molar-refractivity contribution in [3.8, 4) is 0 Å². The molecule has 0 aliphatic carbocycles. The van der Waals surface area contributed by atoms with Crippen LogP contribution in [-0.4, -0.2) is 62.6 Å². The second-order valence-electron chi connectivity index (χ2n) is 6.58. The molecule has 1 aliphatic rings. The number of hydrogen-bond donors (Lipinski definition) is 0. The molecule has 1 aliphatic heterocycles. The second-order valence-corrected chi connectivity index (χ2v) is 8.40. The number of methoxy groups -OCH3 is 1. The highest BCUT2D eigenvalue weighted by molar-refractivity contribution is 6.26. The smallest absolute Gasteiger partial charge is 0.224 e. The number of ketones is 1. The fraction of sp³-hybridized carbons (Fsp3) is 0.750. The van der Waals surface area contributed by atoms with Crippen LogP contribution in [0.25, 0.3) is 0 Å². The standard InChI is InChI=1S/C16H31NO5Si2/c1-11(16(2,3)15(21-23-5)22-24-6)12(10-20-4)13(18)9-17-8-7-14(17)19/h10-11,15H,7-9,23-24H2,1-6H3. The Bertz CT molecular complexity index is 475. The van der Waals surface area contributed by atoms with E-state index in [-0.39, 0.29) is 35.9 Å². The van der Waals surface area contributed by atoms with Crippen LogP contribution in [0.4, 0.5) is 0 Å². The maximum Gasteiger partial charge on any atom is 0.224 e. The van der Waals surface area contributed by atoms with Gasteiger partial charge in [0.2, 0.25) is 5.91 Å². The van der Waals surface area contributed by atoms with Crippen LogP contribution in [0.15, 0.2) is 11.8 Å². The Kier molecular flexibility index (Phi) is 8.34. The van der Waals surface area contributed by atoms with Gasteiger partial charge in [-0.15, -0.1) is 0 Å². The minimum atomic E-state index is -0.632. The first-order valence-corrected chi connectivity index (χ1v) is 12.5. The summed E-state index contributed by atoms with van der Waals surface area (Å²) in [6.45, 7) is 11.0. The van der Waals surface area contributed by atoms with Gasteiger partial charge in [0.15, 0.2) is 25.3 Å². The van der Waals surface area contributed by atoms with Crippen LogP contribution in [0.5, 0.6) is 0 Å². The summed E-state index contributed by atoms with van der Waals surface area (Å²) in [5.74, 6) is -0.162. The molecule has 8 heteroatoms. The SMILES string of the molecule is COC=C(C(=O)CN1CCC1=O)C(C)C(C)(C)C(O[SiH2]C)O[SiH2]C. The normalized spacial score (nSPS) is 19.2. The quantitative estimate of drug-likeness (QED) is 0.174. The molecular weight excluding hydrogens is 342 g/mol. The maximum absolute atomic E-state index is 12.7. The molecule has 0 spiro atoms. The fourth-order valence-corrected chi connectivity index (χ4v) is 4.56. The van der Waals surface area contributed by atoms with E-state index < -0.39 is 19.5 Å². The summed E-state index contributed by atoms with van der Waals surface area (Å²) < 4.78 is 17.0. The van der Waals surface area contributed by atoms with Gasteiger partial charge in [-0.1, -0.05) is 33.9 Å². The van der Waals surface area contributed by atoms with E-state index in [1.54, 1.807) is 4.90 Å². The predicted molar refractivity (Wildman–Crippen MR) is 99.0 cm³/mol. The van der Waals surface area contributed by atoms with E-state index in [4.69, 9.17) is 13.6 Å². The number of likely N-dealkylation sites (tertiary alicyclic amines) is 1. The highest BCUT2D eigenvalue weighted by Gasteiger charge is 2.40. The van der Waals surface area contributed by atoms with Crippen molar-refractivity contribution in [1.29, 1.82) is 0 Å². The van der Waals surface area contributed by atoms with Crippen LogP contribution >= 0.6 is 0 Å². The molecule has 138 valence electrons. The Morgan fingerprint density at radius 1 is 1.33 bits per heavy atom. The topological polar surface area (TPSA) is 65.1 Å². The lowest BCUT2D eigenvalue weighted by Gasteiger charge is -2.40. The van der Waals surface area contributed by atoms with Gasteiger partial charge in [-0.25, -0.2) is 0 Å². The van der Waals surface area contributed by atoms with E-state index in [1.807, 2.05) is 6.92 Å². The zero-order valence-corrected chi connectivity index (χ0v) is 18.6. The van der Waals surface area contributed by atoms with E-state index in [2.05, 4.69) is 26.9 Å². The van der Waals surface area contributed by atoms with E-state index in [0.717, 1.165) is 0 Å². The van der Waals surface area contributed by atoms with Crippen LogP contribution in [0.2, 0.25) is 13.1 Å². The molecule has 1 atom stereocenters. The summed E-state index contributed by atoms with van der Waals surface area (Å²) in [5, 5.41) is 0. The van der Waals surface area contributed by atoms with Gasteiger partial charge in [-0.3, -0.25) is 9.59 Å². The van der Waals surface area contributed by atoms with E-state index in [0.29, 0.717) is 18.5 Å². The lowest BCUT2D eigenvalue weighted by molar-refractivity contribution is -0.143. The number of carbonyl (C=O) groups excluding carboxylic acids is 2. The van der Waals surface area contributed by atoms with Crippen molar-refractivity contribution in [2.75, 3.05) is 20.2 Å². The third-order valence-corrected chi connectivity index (χ3v) is 5.95. The molecule has 1 fully saturated rings. The first kappa shape index (κ1) is 21.1. The third kappa shape index (κ3) is 5.01. The Hall–Kier alpha value is -0.966. The Morgan fingerprint density at radius 2 is 1.92 bits per heavy atom. The number of hydrogen-bond acceptors (Lipinski definition) is 5. The van der Waals surface area contributed by atoms with E-state index in [1.165, 1.54) is 13.4 Å². The summed E-state index contributed by atoms with van der Waals surface area (Å²) >= 11 is 0. The van der Waals surface area contributed by atoms with Crippen molar-refractivity contribution < 1.29 is 23.2 Å². The lowest BCUT2D eigenvalue weighted by atomic mass is 9.74. The highest BCUT2D eigenvalue weighted by atomic mass is 28.2. The van der Waals surface area contributed by atoms with Crippen LogP contribution in [0.1, 0.15) is 27.2 Å². The highest BCUT2D eigenvalue weighted by Crippen LogP contribution is 2.38. The second kappa shape index (κ2) is 9.50. The van der Waals surface area contributed by atoms with Gasteiger partial charge < -0.3 is 18.5 Å². The van der Waals surface area contributed by atoms with Crippen molar-refractivity contribution in [3.63, 3.8) is 0 Å². The summed E-state index contributed by atoms with van der Waals surface area (Å²) in [5.41, 5.74) is 0.209. The minimum absolute atomic E-state index is 0.0329. The number of carbonyl (C=O) groups is 2. The Morgan fingerprint density at radius 3 is 2.29 bits per heavy atom. The first-order valence-electron chi connectivity index (χ1n) is 8.56. The molecule has 1 unspecified atom stereocenters. The maximum atomic E-state index is 12.7. The third-order valence-electron chi connectivity index (χ3n) is 4.68. The average Bonchev–Trinajstić information content (AvgIpc) is 2.55. The lowest BCUT2D eigenvalue weighted by Crippen LogP contribution is -2.48. The van der Waals surface area contributed by atoms with Gasteiger partial charge in [-0.2, -0.15) is 0 Å². The van der Waals surface area contributed by atoms with Crippen molar-refractivity contribution in [2.45, 2.75) is 46.6 Å².